The van der Waals surface area contributed by atoms with Crippen LogP contribution in [0.2, 0.25) is 0 Å². The maximum atomic E-state index is 13.5. The number of aliphatic hydroxyl groups is 1. The first kappa shape index (κ1) is 17.1. The first-order valence-corrected chi connectivity index (χ1v) is 9.48. The Morgan fingerprint density at radius 3 is 2.86 bits per heavy atom. The fourth-order valence-electron chi connectivity index (χ4n) is 4.48. The van der Waals surface area contributed by atoms with E-state index in [1.807, 2.05) is 32.0 Å². The zero-order valence-electron chi connectivity index (χ0n) is 15.7. The minimum absolute atomic E-state index is 0.226. The van der Waals surface area contributed by atoms with Crippen LogP contribution in [-0.2, 0) is 21.7 Å². The van der Waals surface area contributed by atoms with Gasteiger partial charge < -0.3 is 14.4 Å². The molecule has 2 aliphatic rings. The number of esters is 1. The van der Waals surface area contributed by atoms with E-state index in [-0.39, 0.29) is 5.56 Å². The lowest BCUT2D eigenvalue weighted by atomic mass is 9.82. The Bertz CT molecular complexity index is 1210. The highest BCUT2D eigenvalue weighted by Gasteiger charge is 2.47. The van der Waals surface area contributed by atoms with Crippen molar-refractivity contribution in [3.05, 3.63) is 63.4 Å². The predicted molar refractivity (Wildman–Crippen MR) is 103 cm³/mol. The van der Waals surface area contributed by atoms with Crippen molar-refractivity contribution < 1.29 is 14.6 Å². The number of cyclic esters (lactones) is 1. The van der Waals surface area contributed by atoms with Crippen molar-refractivity contribution in [2.45, 2.75) is 44.9 Å². The average molecular weight is 375 g/mol. The van der Waals surface area contributed by atoms with Crippen molar-refractivity contribution in [3.8, 4) is 11.4 Å². The third-order valence-corrected chi connectivity index (χ3v) is 6.05. The molecule has 2 aromatic heterocycles. The Morgan fingerprint density at radius 2 is 2.11 bits per heavy atom. The molecule has 3 aromatic rings. The van der Waals surface area contributed by atoms with Crippen LogP contribution >= 0.6 is 0 Å². The second-order valence-corrected chi connectivity index (χ2v) is 7.39. The van der Waals surface area contributed by atoms with Gasteiger partial charge in [0.05, 0.1) is 29.0 Å². The molecule has 5 rings (SSSR count). The molecule has 2 aliphatic heterocycles. The third kappa shape index (κ3) is 2.09. The van der Waals surface area contributed by atoms with Gasteiger partial charge in [-0.3, -0.25) is 4.79 Å². The SMILES string of the molecule is CCC1(CC)OC(=O)C(O)c2cc3n(c(=O)c21)Cc1cc2c[c]ccc2nc1-3. The van der Waals surface area contributed by atoms with Crippen LogP contribution in [-0.4, -0.2) is 20.6 Å². The number of hydrogen-bond donors (Lipinski definition) is 1. The summed E-state index contributed by atoms with van der Waals surface area (Å²) in [5.74, 6) is -0.708. The summed E-state index contributed by atoms with van der Waals surface area (Å²) in [4.78, 5) is 30.5. The van der Waals surface area contributed by atoms with Crippen LogP contribution in [0.4, 0.5) is 0 Å². The number of aliphatic hydroxyl groups excluding tert-OH is 1. The van der Waals surface area contributed by atoms with Gasteiger partial charge in [0, 0.05) is 16.5 Å². The summed E-state index contributed by atoms with van der Waals surface area (Å²) >= 11 is 0. The molecule has 0 saturated heterocycles. The van der Waals surface area contributed by atoms with E-state index in [1.54, 1.807) is 16.7 Å². The van der Waals surface area contributed by atoms with E-state index in [1.165, 1.54) is 0 Å². The van der Waals surface area contributed by atoms with Crippen LogP contribution in [0.5, 0.6) is 0 Å². The van der Waals surface area contributed by atoms with Crippen molar-refractivity contribution in [2.75, 3.05) is 0 Å². The molecule has 0 aliphatic carbocycles. The number of ether oxygens (including phenoxy) is 1. The number of nitrogens with zero attached hydrogens (tertiary/aromatic N) is 2. The van der Waals surface area contributed by atoms with E-state index < -0.39 is 17.7 Å². The molecule has 1 N–H and O–H groups in total. The van der Waals surface area contributed by atoms with Crippen LogP contribution in [0.25, 0.3) is 22.3 Å². The molecule has 1 aromatic carbocycles. The molecule has 28 heavy (non-hydrogen) atoms. The first-order chi connectivity index (χ1) is 13.5. The molecule has 0 amide bonds. The van der Waals surface area contributed by atoms with Crippen molar-refractivity contribution in [3.63, 3.8) is 0 Å². The summed E-state index contributed by atoms with van der Waals surface area (Å²) in [6.07, 6.45) is -0.526. The minimum atomic E-state index is -1.46. The number of pyridine rings is 2. The molecule has 1 unspecified atom stereocenters. The molecule has 0 bridgehead atoms. The van der Waals surface area contributed by atoms with Gasteiger partial charge in [-0.1, -0.05) is 19.9 Å². The van der Waals surface area contributed by atoms with Gasteiger partial charge in [-0.15, -0.1) is 0 Å². The number of carbonyl (C=O) groups excluding carboxylic acids is 1. The average Bonchev–Trinajstić information content (AvgIpc) is 3.07. The van der Waals surface area contributed by atoms with Gasteiger partial charge in [0.25, 0.3) is 5.56 Å². The number of rotatable bonds is 2. The molecule has 6 heteroatoms. The second kappa shape index (κ2) is 5.75. The summed E-state index contributed by atoms with van der Waals surface area (Å²) in [5.41, 5.74) is 2.58. The van der Waals surface area contributed by atoms with Gasteiger partial charge in [0.2, 0.25) is 0 Å². The molecule has 0 saturated carbocycles. The Labute approximate surface area is 161 Å². The monoisotopic (exact) mass is 375 g/mol. The minimum Gasteiger partial charge on any atom is -0.452 e. The quantitative estimate of drug-likeness (QED) is 0.545. The van der Waals surface area contributed by atoms with Gasteiger partial charge in [-0.25, -0.2) is 9.78 Å². The maximum Gasteiger partial charge on any atom is 0.340 e. The third-order valence-electron chi connectivity index (χ3n) is 6.05. The van der Waals surface area contributed by atoms with Gasteiger partial charge in [0.1, 0.15) is 5.60 Å². The van der Waals surface area contributed by atoms with Crippen LogP contribution in [0.3, 0.4) is 0 Å². The molecule has 141 valence electrons. The lowest BCUT2D eigenvalue weighted by molar-refractivity contribution is -0.177. The predicted octanol–water partition coefficient (Wildman–Crippen LogP) is 2.83. The molecule has 6 nitrogen and oxygen atoms in total. The highest BCUT2D eigenvalue weighted by atomic mass is 16.6. The Kier molecular flexibility index (Phi) is 3.52. The molecule has 4 heterocycles. The lowest BCUT2D eigenvalue weighted by Crippen LogP contribution is -2.45. The van der Waals surface area contributed by atoms with E-state index in [4.69, 9.17) is 9.72 Å². The molecule has 1 atom stereocenters. The van der Waals surface area contributed by atoms with Crippen molar-refractivity contribution >= 4 is 16.9 Å². The summed E-state index contributed by atoms with van der Waals surface area (Å²) in [7, 11) is 0. The van der Waals surface area contributed by atoms with Gasteiger partial charge in [-0.05, 0) is 43.2 Å². The van der Waals surface area contributed by atoms with Crippen LogP contribution in [0, 0.1) is 6.07 Å². The van der Waals surface area contributed by atoms with Gasteiger partial charge in [0.15, 0.2) is 6.10 Å². The molecule has 0 spiro atoms. The summed E-state index contributed by atoms with van der Waals surface area (Å²) in [5, 5.41) is 11.4. The number of aromatic nitrogens is 2. The number of fused-ring (bicyclic) bond motifs is 5. The fraction of sp³-hybridized carbons (Fsp3) is 0.318. The normalized spacial score (nSPS) is 19.1. The standard InChI is InChI=1S/C22H19N2O4/c1-3-22(4-2)17-14(19(25)21(27)28-22)10-16-18-13(11-24(16)20(17)26)9-12-7-5-6-8-15(12)23-18/h6-10,19,25H,3-4,11H2,1-2H3. The highest BCUT2D eigenvalue weighted by Crippen LogP contribution is 2.43. The Hall–Kier alpha value is -2.99. The largest absolute Gasteiger partial charge is 0.452 e. The highest BCUT2D eigenvalue weighted by molar-refractivity contribution is 5.85. The van der Waals surface area contributed by atoms with E-state index in [0.717, 1.165) is 16.5 Å². The van der Waals surface area contributed by atoms with Gasteiger partial charge in [-0.2, -0.15) is 0 Å². The van der Waals surface area contributed by atoms with E-state index in [0.29, 0.717) is 41.9 Å². The molecule has 1 radical (unpaired) electrons. The molecule has 0 fully saturated rings. The van der Waals surface area contributed by atoms with Gasteiger partial charge >= 0.3 is 5.97 Å². The van der Waals surface area contributed by atoms with E-state index in [9.17, 15) is 14.7 Å². The van der Waals surface area contributed by atoms with Crippen molar-refractivity contribution in [2.24, 2.45) is 0 Å². The van der Waals surface area contributed by atoms with E-state index in [2.05, 4.69) is 6.07 Å². The Balaban J connectivity index is 1.82. The zero-order valence-corrected chi connectivity index (χ0v) is 15.7. The fourth-order valence-corrected chi connectivity index (χ4v) is 4.48. The topological polar surface area (TPSA) is 81.4 Å². The number of carbonyl (C=O) groups is 1. The number of hydrogen-bond acceptors (Lipinski definition) is 5. The van der Waals surface area contributed by atoms with E-state index >= 15 is 0 Å². The lowest BCUT2D eigenvalue weighted by Gasteiger charge is -2.38. The molecular formula is C22H19N2O4. The Morgan fingerprint density at radius 1 is 1.32 bits per heavy atom. The smallest absolute Gasteiger partial charge is 0.340 e. The van der Waals surface area contributed by atoms with Crippen LogP contribution in [0.15, 0.2) is 35.1 Å². The summed E-state index contributed by atoms with van der Waals surface area (Å²) in [6, 6.07) is 12.3. The van der Waals surface area contributed by atoms with Crippen molar-refractivity contribution in [1.82, 2.24) is 9.55 Å². The summed E-state index contributed by atoms with van der Waals surface area (Å²) in [6.45, 7) is 4.17. The zero-order chi connectivity index (χ0) is 19.6. The maximum absolute atomic E-state index is 13.5. The first-order valence-electron chi connectivity index (χ1n) is 9.48. The van der Waals surface area contributed by atoms with Crippen molar-refractivity contribution in [1.29, 1.82) is 0 Å². The summed E-state index contributed by atoms with van der Waals surface area (Å²) < 4.78 is 7.24. The second-order valence-electron chi connectivity index (χ2n) is 7.39. The number of benzene rings is 1. The van der Waals surface area contributed by atoms with Crippen LogP contribution < -0.4 is 5.56 Å². The molecular weight excluding hydrogens is 356 g/mol. The van der Waals surface area contributed by atoms with Crippen LogP contribution in [0.1, 0.15) is 49.5 Å².